The summed E-state index contributed by atoms with van der Waals surface area (Å²) in [5.74, 6) is 2.06. The lowest BCUT2D eigenvalue weighted by Gasteiger charge is -2.33. The van der Waals surface area contributed by atoms with Crippen molar-refractivity contribution in [2.24, 2.45) is 11.8 Å². The van der Waals surface area contributed by atoms with Crippen LogP contribution in [0.15, 0.2) is 0 Å². The Morgan fingerprint density at radius 2 is 2.00 bits per heavy atom. The molecule has 0 aromatic heterocycles. The van der Waals surface area contributed by atoms with Crippen molar-refractivity contribution in [3.05, 3.63) is 0 Å². The lowest BCUT2D eigenvalue weighted by atomic mass is 9.65. The quantitative estimate of drug-likeness (QED) is 0.623. The highest BCUT2D eigenvalue weighted by Gasteiger charge is 2.29. The van der Waals surface area contributed by atoms with Crippen molar-refractivity contribution in [1.29, 1.82) is 0 Å². The summed E-state index contributed by atoms with van der Waals surface area (Å²) in [5.41, 5.74) is 0. The Hall–Kier alpha value is 0.0149. The maximum absolute atomic E-state index is 11.2. The Labute approximate surface area is 82.4 Å². The van der Waals surface area contributed by atoms with E-state index in [2.05, 4.69) is 14.8 Å². The van der Waals surface area contributed by atoms with Crippen molar-refractivity contribution in [2.45, 2.75) is 32.0 Å². The van der Waals surface area contributed by atoms with E-state index >= 15 is 0 Å². The third kappa shape index (κ3) is 3.33. The van der Waals surface area contributed by atoms with Gasteiger partial charge in [0.15, 0.2) is 0 Å². The highest BCUT2D eigenvalue weighted by molar-refractivity contribution is 7.90. The van der Waals surface area contributed by atoms with Crippen LogP contribution in [-0.4, -0.2) is 28.3 Å². The number of hydrogen-bond donors (Lipinski definition) is 0. The van der Waals surface area contributed by atoms with E-state index in [-0.39, 0.29) is 0 Å². The Bertz CT molecular complexity index is 261. The van der Waals surface area contributed by atoms with E-state index in [4.69, 9.17) is 0 Å². The van der Waals surface area contributed by atoms with Crippen LogP contribution < -0.4 is 0 Å². The highest BCUT2D eigenvalue weighted by Crippen LogP contribution is 2.37. The van der Waals surface area contributed by atoms with E-state index < -0.39 is 9.84 Å². The molecule has 0 aliphatic heterocycles. The number of rotatable bonds is 2. The lowest BCUT2D eigenvalue weighted by molar-refractivity contribution is 0.280. The monoisotopic (exact) mass is 202 g/mol. The molecule has 0 N–H and O–H groups in total. The molecule has 1 aliphatic rings. The van der Waals surface area contributed by atoms with Crippen LogP contribution in [0.2, 0.25) is 5.82 Å². The van der Waals surface area contributed by atoms with E-state index in [1.807, 2.05) is 0 Å². The van der Waals surface area contributed by atoms with Crippen LogP contribution in [-0.2, 0) is 9.84 Å². The van der Waals surface area contributed by atoms with Crippen molar-refractivity contribution >= 4 is 17.7 Å². The molecule has 0 radical (unpaired) electrons. The second-order valence-electron chi connectivity index (χ2n) is 4.62. The molecule has 0 amide bonds. The minimum absolute atomic E-state index is 0.387. The van der Waals surface area contributed by atoms with Gasteiger partial charge < -0.3 is 0 Å². The van der Waals surface area contributed by atoms with Gasteiger partial charge in [0, 0.05) is 6.26 Å². The van der Waals surface area contributed by atoms with Gasteiger partial charge >= 0.3 is 0 Å². The van der Waals surface area contributed by atoms with Gasteiger partial charge in [-0.25, -0.2) is 8.42 Å². The normalized spacial score (nSPS) is 36.0. The molecule has 0 saturated heterocycles. The molecule has 0 aromatic rings. The van der Waals surface area contributed by atoms with Crippen LogP contribution in [0, 0.1) is 11.8 Å². The van der Waals surface area contributed by atoms with Crippen molar-refractivity contribution < 1.29 is 8.42 Å². The van der Waals surface area contributed by atoms with E-state index in [0.717, 1.165) is 6.42 Å². The largest absolute Gasteiger partial charge is 0.229 e. The van der Waals surface area contributed by atoms with Gasteiger partial charge in [0.1, 0.15) is 17.7 Å². The van der Waals surface area contributed by atoms with Gasteiger partial charge in [0.2, 0.25) is 0 Å². The van der Waals surface area contributed by atoms with Crippen LogP contribution in [0.3, 0.4) is 0 Å². The zero-order valence-corrected chi connectivity index (χ0v) is 9.60. The topological polar surface area (TPSA) is 34.1 Å². The fourth-order valence-electron chi connectivity index (χ4n) is 2.32. The van der Waals surface area contributed by atoms with Gasteiger partial charge in [0.25, 0.3) is 0 Å². The van der Waals surface area contributed by atoms with Gasteiger partial charge in [-0.15, -0.1) is 0 Å². The average molecular weight is 202 g/mol. The van der Waals surface area contributed by atoms with Crippen molar-refractivity contribution in [3.8, 4) is 0 Å². The Morgan fingerprint density at radius 1 is 1.38 bits per heavy atom. The van der Waals surface area contributed by atoms with E-state index in [1.54, 1.807) is 0 Å². The molecule has 0 aromatic carbocycles. The van der Waals surface area contributed by atoms with Crippen molar-refractivity contribution in [3.63, 3.8) is 0 Å². The highest BCUT2D eigenvalue weighted by atomic mass is 32.2. The summed E-state index contributed by atoms with van der Waals surface area (Å²) in [6, 6.07) is 0. The second-order valence-corrected chi connectivity index (χ2v) is 6.80. The average Bonchev–Trinajstić information content (AvgIpc) is 1.96. The molecule has 3 atom stereocenters. The predicted octanol–water partition coefficient (Wildman–Crippen LogP) is 0.889. The van der Waals surface area contributed by atoms with E-state index in [1.165, 1.54) is 19.1 Å². The Kier molecular flexibility index (Phi) is 3.44. The molecule has 1 saturated carbocycles. The molecule has 13 heavy (non-hydrogen) atoms. The molecule has 0 heterocycles. The first kappa shape index (κ1) is 11.1. The van der Waals surface area contributed by atoms with Crippen LogP contribution >= 0.6 is 0 Å². The Morgan fingerprint density at radius 3 is 2.54 bits per heavy atom. The summed E-state index contributed by atoms with van der Waals surface area (Å²) < 4.78 is 22.3. The summed E-state index contributed by atoms with van der Waals surface area (Å²) in [5, 5.41) is 0. The molecule has 76 valence electrons. The summed E-state index contributed by atoms with van der Waals surface area (Å²) >= 11 is 0. The fourth-order valence-corrected chi connectivity index (χ4v) is 3.56. The lowest BCUT2D eigenvalue weighted by Crippen LogP contribution is -2.28. The van der Waals surface area contributed by atoms with Crippen LogP contribution in [0.4, 0.5) is 0 Å². The molecule has 0 spiro atoms. The zero-order valence-electron chi connectivity index (χ0n) is 8.79. The Balaban J connectivity index is 2.59. The predicted molar refractivity (Wildman–Crippen MR) is 58.5 cm³/mol. The van der Waals surface area contributed by atoms with Crippen molar-refractivity contribution in [2.75, 3.05) is 12.0 Å². The standard InChI is InChI=1S/C9H19BO2S/c1-7-8(6-13(2,11)12)4-3-5-9(7)10/h7-9H,3-6,10H2,1-2H3. The maximum Gasteiger partial charge on any atom is 0.147 e. The van der Waals surface area contributed by atoms with Crippen LogP contribution in [0.5, 0.6) is 0 Å². The number of sulfone groups is 1. The molecule has 4 heteroatoms. The SMILES string of the molecule is BC1CCCC(CS(C)(=O)=O)C1C. The third-order valence-corrected chi connectivity index (χ3v) is 4.43. The molecule has 3 unspecified atom stereocenters. The van der Waals surface area contributed by atoms with Crippen LogP contribution in [0.1, 0.15) is 26.2 Å². The third-order valence-electron chi connectivity index (χ3n) is 3.39. The zero-order chi connectivity index (χ0) is 10.1. The molecular formula is C9H19BO2S. The minimum atomic E-state index is -2.78. The molecular weight excluding hydrogens is 183 g/mol. The maximum atomic E-state index is 11.2. The molecule has 1 fully saturated rings. The van der Waals surface area contributed by atoms with Crippen molar-refractivity contribution in [1.82, 2.24) is 0 Å². The van der Waals surface area contributed by atoms with Gasteiger partial charge in [-0.05, 0) is 18.3 Å². The van der Waals surface area contributed by atoms with E-state index in [0.29, 0.717) is 23.4 Å². The summed E-state index contributed by atoms with van der Waals surface area (Å²) in [6.45, 7) is 2.19. The first-order chi connectivity index (χ1) is 5.90. The first-order valence-corrected chi connectivity index (χ1v) is 7.14. The van der Waals surface area contributed by atoms with Gasteiger partial charge in [0.05, 0.1) is 5.75 Å². The van der Waals surface area contributed by atoms with Gasteiger partial charge in [-0.2, -0.15) is 0 Å². The molecule has 0 bridgehead atoms. The summed E-state index contributed by atoms with van der Waals surface area (Å²) in [7, 11) is -0.545. The summed E-state index contributed by atoms with van der Waals surface area (Å²) in [6.07, 6.45) is 4.91. The minimum Gasteiger partial charge on any atom is -0.229 e. The smallest absolute Gasteiger partial charge is 0.147 e. The molecule has 1 aliphatic carbocycles. The molecule has 2 nitrogen and oxygen atoms in total. The number of hydrogen-bond acceptors (Lipinski definition) is 2. The van der Waals surface area contributed by atoms with Crippen LogP contribution in [0.25, 0.3) is 0 Å². The summed E-state index contributed by atoms with van der Waals surface area (Å²) in [4.78, 5) is 0. The van der Waals surface area contributed by atoms with Gasteiger partial charge in [-0.1, -0.05) is 25.6 Å². The fraction of sp³-hybridized carbons (Fsp3) is 1.00. The van der Waals surface area contributed by atoms with E-state index in [9.17, 15) is 8.42 Å². The second kappa shape index (κ2) is 4.03. The van der Waals surface area contributed by atoms with Gasteiger partial charge in [-0.3, -0.25) is 0 Å². The first-order valence-electron chi connectivity index (χ1n) is 5.08. The molecule has 1 rings (SSSR count).